The van der Waals surface area contributed by atoms with Crippen LogP contribution < -0.4 is 5.73 Å². The number of hydrogen-bond donors (Lipinski definition) is 1. The highest BCUT2D eigenvalue weighted by Gasteiger charge is 2.03. The monoisotopic (exact) mass is 255 g/mol. The lowest BCUT2D eigenvalue weighted by Crippen LogP contribution is -2.00. The van der Waals surface area contributed by atoms with Gasteiger partial charge >= 0.3 is 0 Å². The molecule has 0 saturated carbocycles. The summed E-state index contributed by atoms with van der Waals surface area (Å²) in [6.07, 6.45) is 0.978. The molecule has 0 amide bonds. The van der Waals surface area contributed by atoms with Crippen molar-refractivity contribution in [3.63, 3.8) is 0 Å². The Kier molecular flexibility index (Phi) is 2.67. The molecule has 68 valence electrons. The predicted octanol–water partition coefficient (Wildman–Crippen LogP) is 3.17. The minimum Gasteiger partial charge on any atom is -0.330 e. The van der Waals surface area contributed by atoms with Gasteiger partial charge in [-0.2, -0.15) is 0 Å². The summed E-state index contributed by atoms with van der Waals surface area (Å²) in [6, 6.07) is 8.49. The Bertz CT molecular complexity index is 422. The molecule has 0 unspecified atom stereocenters. The van der Waals surface area contributed by atoms with E-state index in [0.29, 0.717) is 0 Å². The molecule has 1 aromatic heterocycles. The van der Waals surface area contributed by atoms with E-state index in [0.717, 1.165) is 13.0 Å². The highest BCUT2D eigenvalue weighted by atomic mass is 79.9. The first-order valence-electron chi connectivity index (χ1n) is 4.18. The second-order valence-corrected chi connectivity index (χ2v) is 4.90. The molecule has 13 heavy (non-hydrogen) atoms. The molecule has 0 radical (unpaired) electrons. The van der Waals surface area contributed by atoms with Gasteiger partial charge in [-0.3, -0.25) is 0 Å². The van der Waals surface area contributed by atoms with Gasteiger partial charge < -0.3 is 5.73 Å². The van der Waals surface area contributed by atoms with Crippen LogP contribution in [-0.4, -0.2) is 6.54 Å². The third-order valence-electron chi connectivity index (χ3n) is 1.94. The van der Waals surface area contributed by atoms with Crippen molar-refractivity contribution in [1.29, 1.82) is 0 Å². The molecule has 0 spiro atoms. The van der Waals surface area contributed by atoms with Crippen molar-refractivity contribution >= 4 is 37.4 Å². The Hall–Kier alpha value is -0.380. The normalized spacial score (nSPS) is 10.9. The maximum Gasteiger partial charge on any atom is 0.0487 e. The second-order valence-electron chi connectivity index (χ2n) is 2.91. The average Bonchev–Trinajstić information content (AvgIpc) is 2.49. The molecule has 0 aliphatic rings. The van der Waals surface area contributed by atoms with Gasteiger partial charge in [-0.1, -0.05) is 12.1 Å². The molecule has 1 aromatic carbocycles. The molecular weight excluding hydrogens is 246 g/mol. The smallest absolute Gasteiger partial charge is 0.0487 e. The molecule has 2 N–H and O–H groups in total. The number of halogens is 1. The topological polar surface area (TPSA) is 26.0 Å². The Balaban J connectivity index is 2.55. The molecule has 1 nitrogen and oxygen atoms in total. The fourth-order valence-corrected chi connectivity index (χ4v) is 3.05. The zero-order chi connectivity index (χ0) is 9.26. The van der Waals surface area contributed by atoms with Crippen molar-refractivity contribution < 1.29 is 0 Å². The van der Waals surface area contributed by atoms with E-state index in [9.17, 15) is 0 Å². The van der Waals surface area contributed by atoms with E-state index in [-0.39, 0.29) is 0 Å². The second kappa shape index (κ2) is 3.78. The van der Waals surface area contributed by atoms with Gasteiger partial charge in [0.1, 0.15) is 0 Å². The van der Waals surface area contributed by atoms with Crippen LogP contribution in [0.5, 0.6) is 0 Å². The largest absolute Gasteiger partial charge is 0.330 e. The summed E-state index contributed by atoms with van der Waals surface area (Å²) in [4.78, 5) is 1.37. The number of nitrogens with two attached hydrogens (primary N) is 1. The summed E-state index contributed by atoms with van der Waals surface area (Å²) in [5.74, 6) is 0. The van der Waals surface area contributed by atoms with Crippen LogP contribution in [0.3, 0.4) is 0 Å². The fourth-order valence-electron chi connectivity index (χ4n) is 1.35. The quantitative estimate of drug-likeness (QED) is 0.877. The van der Waals surface area contributed by atoms with Gasteiger partial charge in [0.2, 0.25) is 0 Å². The molecule has 2 aromatic rings. The van der Waals surface area contributed by atoms with E-state index in [1.807, 2.05) is 11.3 Å². The molecular formula is C10H10BrNS. The van der Waals surface area contributed by atoms with Crippen molar-refractivity contribution in [2.45, 2.75) is 6.42 Å². The van der Waals surface area contributed by atoms with Crippen LogP contribution in [0.15, 0.2) is 28.7 Å². The highest BCUT2D eigenvalue weighted by molar-refractivity contribution is 9.10. The zero-order valence-electron chi connectivity index (χ0n) is 7.09. The van der Waals surface area contributed by atoms with E-state index in [2.05, 4.69) is 40.2 Å². The third kappa shape index (κ3) is 1.77. The summed E-state index contributed by atoms with van der Waals surface area (Å²) in [6.45, 7) is 0.727. The number of rotatable bonds is 2. The lowest BCUT2D eigenvalue weighted by Gasteiger charge is -1.90. The molecule has 0 saturated heterocycles. The van der Waals surface area contributed by atoms with Gasteiger partial charge in [0.05, 0.1) is 0 Å². The Morgan fingerprint density at radius 3 is 2.92 bits per heavy atom. The van der Waals surface area contributed by atoms with Crippen LogP contribution in [0.2, 0.25) is 0 Å². The Morgan fingerprint density at radius 2 is 2.23 bits per heavy atom. The average molecular weight is 256 g/mol. The molecule has 0 fully saturated rings. The number of benzene rings is 1. The van der Waals surface area contributed by atoms with Crippen LogP contribution >= 0.6 is 27.3 Å². The maximum atomic E-state index is 5.52. The van der Waals surface area contributed by atoms with Gasteiger partial charge in [0, 0.05) is 14.0 Å². The van der Waals surface area contributed by atoms with E-state index >= 15 is 0 Å². The van der Waals surface area contributed by atoms with Gasteiger partial charge in [0.25, 0.3) is 0 Å². The first-order valence-corrected chi connectivity index (χ1v) is 5.79. The fraction of sp³-hybridized carbons (Fsp3) is 0.200. The van der Waals surface area contributed by atoms with E-state index in [1.54, 1.807) is 0 Å². The van der Waals surface area contributed by atoms with Crippen molar-refractivity contribution in [2.24, 2.45) is 5.73 Å². The molecule has 0 aliphatic heterocycles. The summed E-state index contributed by atoms with van der Waals surface area (Å²) < 4.78 is 2.50. The lowest BCUT2D eigenvalue weighted by molar-refractivity contribution is 0.989. The SMILES string of the molecule is NCCc1cc2cccc(Br)c2s1. The summed E-state index contributed by atoms with van der Waals surface area (Å²) in [5, 5.41) is 1.31. The van der Waals surface area contributed by atoms with Crippen LogP contribution in [-0.2, 0) is 6.42 Å². The van der Waals surface area contributed by atoms with Crippen molar-refractivity contribution in [2.75, 3.05) is 6.54 Å². The van der Waals surface area contributed by atoms with Gasteiger partial charge in [-0.25, -0.2) is 0 Å². The van der Waals surface area contributed by atoms with Crippen molar-refractivity contribution in [3.05, 3.63) is 33.6 Å². The van der Waals surface area contributed by atoms with E-state index in [4.69, 9.17) is 5.73 Å². The standard InChI is InChI=1S/C10H10BrNS/c11-9-3-1-2-7-6-8(4-5-12)13-10(7)9/h1-3,6H,4-5,12H2. The van der Waals surface area contributed by atoms with Crippen LogP contribution in [0.1, 0.15) is 4.88 Å². The van der Waals surface area contributed by atoms with Gasteiger partial charge in [-0.05, 0) is 46.4 Å². The molecule has 0 aliphatic carbocycles. The minimum absolute atomic E-state index is 0.727. The van der Waals surface area contributed by atoms with Gasteiger partial charge in [0.15, 0.2) is 0 Å². The van der Waals surface area contributed by atoms with E-state index in [1.165, 1.54) is 19.4 Å². The van der Waals surface area contributed by atoms with E-state index < -0.39 is 0 Å². The van der Waals surface area contributed by atoms with Gasteiger partial charge in [-0.15, -0.1) is 11.3 Å². The number of thiophene rings is 1. The number of fused-ring (bicyclic) bond motifs is 1. The van der Waals surface area contributed by atoms with Crippen LogP contribution in [0, 0.1) is 0 Å². The highest BCUT2D eigenvalue weighted by Crippen LogP contribution is 2.31. The first-order chi connectivity index (χ1) is 6.31. The summed E-state index contributed by atoms with van der Waals surface area (Å²) in [7, 11) is 0. The first kappa shape index (κ1) is 9.19. The minimum atomic E-state index is 0.727. The molecule has 2 rings (SSSR count). The zero-order valence-corrected chi connectivity index (χ0v) is 9.49. The number of hydrogen-bond acceptors (Lipinski definition) is 2. The maximum absolute atomic E-state index is 5.52. The molecule has 3 heteroatoms. The Labute approximate surface area is 89.7 Å². The predicted molar refractivity (Wildman–Crippen MR) is 62.3 cm³/mol. The molecule has 1 heterocycles. The van der Waals surface area contributed by atoms with Crippen LogP contribution in [0.25, 0.3) is 10.1 Å². The Morgan fingerprint density at radius 1 is 1.38 bits per heavy atom. The summed E-state index contributed by atoms with van der Waals surface area (Å²) in [5.41, 5.74) is 5.52. The van der Waals surface area contributed by atoms with Crippen LogP contribution in [0.4, 0.5) is 0 Å². The lowest BCUT2D eigenvalue weighted by atomic mass is 10.2. The molecule has 0 atom stereocenters. The third-order valence-corrected chi connectivity index (χ3v) is 4.11. The molecule has 0 bridgehead atoms. The van der Waals surface area contributed by atoms with Crippen molar-refractivity contribution in [1.82, 2.24) is 0 Å². The summed E-state index contributed by atoms with van der Waals surface area (Å²) >= 11 is 5.36. The van der Waals surface area contributed by atoms with Crippen molar-refractivity contribution in [3.8, 4) is 0 Å².